The van der Waals surface area contributed by atoms with Crippen molar-refractivity contribution < 1.29 is 9.47 Å². The first-order chi connectivity index (χ1) is 8.35. The van der Waals surface area contributed by atoms with Gasteiger partial charge in [-0.05, 0) is 46.0 Å². The zero-order chi connectivity index (χ0) is 12.8. The van der Waals surface area contributed by atoms with Crippen LogP contribution in [0.3, 0.4) is 0 Å². The molecule has 0 aromatic carbocycles. The molecule has 0 aromatic rings. The molecule has 102 valence electrons. The van der Waals surface area contributed by atoms with Crippen LogP contribution in [-0.2, 0) is 9.47 Å². The van der Waals surface area contributed by atoms with Crippen LogP contribution in [0.5, 0.6) is 0 Å². The molecule has 0 fully saturated rings. The molecule has 3 heteroatoms. The number of hydrogen-bond acceptors (Lipinski definition) is 2. The number of halogens is 1. The average molecular weight is 354 g/mol. The first-order valence-electron chi connectivity index (χ1n) is 6.79. The highest BCUT2D eigenvalue weighted by Crippen LogP contribution is 2.10. The Bertz CT molecular complexity index is 166. The van der Waals surface area contributed by atoms with Crippen LogP contribution in [0.25, 0.3) is 0 Å². The molecule has 0 spiro atoms. The largest absolute Gasteiger partial charge is 0.353 e. The van der Waals surface area contributed by atoms with Gasteiger partial charge in [-0.2, -0.15) is 0 Å². The van der Waals surface area contributed by atoms with Crippen molar-refractivity contribution in [2.24, 2.45) is 0 Å². The van der Waals surface area contributed by atoms with E-state index in [0.29, 0.717) is 0 Å². The fourth-order valence-corrected chi connectivity index (χ4v) is 1.99. The van der Waals surface area contributed by atoms with Gasteiger partial charge in [-0.1, -0.05) is 41.2 Å². The molecular weight excluding hydrogens is 327 g/mol. The summed E-state index contributed by atoms with van der Waals surface area (Å²) in [5.41, 5.74) is 0. The van der Waals surface area contributed by atoms with Gasteiger partial charge in [-0.25, -0.2) is 0 Å². The summed E-state index contributed by atoms with van der Waals surface area (Å²) in [7, 11) is 0. The molecule has 0 saturated heterocycles. The van der Waals surface area contributed by atoms with Gasteiger partial charge in [0.1, 0.15) is 0 Å². The third-order valence-corrected chi connectivity index (χ3v) is 3.08. The van der Waals surface area contributed by atoms with Crippen molar-refractivity contribution >= 4 is 22.6 Å². The Hall–Kier alpha value is 0.390. The molecule has 17 heavy (non-hydrogen) atoms. The molecule has 0 radical (unpaired) electrons. The maximum atomic E-state index is 5.50. The maximum absolute atomic E-state index is 5.50. The van der Waals surface area contributed by atoms with E-state index < -0.39 is 0 Å². The van der Waals surface area contributed by atoms with Crippen LogP contribution in [0.4, 0.5) is 0 Å². The number of alkyl halides is 1. The van der Waals surface area contributed by atoms with Crippen molar-refractivity contribution in [1.82, 2.24) is 0 Å². The molecule has 0 aromatic heterocycles. The van der Waals surface area contributed by atoms with Crippen LogP contribution in [-0.4, -0.2) is 23.9 Å². The van der Waals surface area contributed by atoms with Crippen LogP contribution in [0, 0.1) is 0 Å². The van der Waals surface area contributed by atoms with Gasteiger partial charge in [0.05, 0.1) is 0 Å². The Morgan fingerprint density at radius 3 is 2.18 bits per heavy atom. The standard InChI is InChI=1S/C14H27IO2/c1-3-16-14(17-4-2)12-10-8-6-5-7-9-11-13-15/h7,9,14H,3-6,8,10-13H2,1-2H3/b9-7-. The summed E-state index contributed by atoms with van der Waals surface area (Å²) in [5, 5.41) is 0. The van der Waals surface area contributed by atoms with Gasteiger partial charge >= 0.3 is 0 Å². The van der Waals surface area contributed by atoms with Crippen molar-refractivity contribution in [3.8, 4) is 0 Å². The highest BCUT2D eigenvalue weighted by molar-refractivity contribution is 14.1. The third kappa shape index (κ3) is 12.6. The molecule has 0 N–H and O–H groups in total. The summed E-state index contributed by atoms with van der Waals surface area (Å²) in [6.45, 7) is 5.52. The average Bonchev–Trinajstić information content (AvgIpc) is 2.33. The maximum Gasteiger partial charge on any atom is 0.157 e. The van der Waals surface area contributed by atoms with Crippen molar-refractivity contribution in [2.75, 3.05) is 17.6 Å². The Morgan fingerprint density at radius 1 is 0.941 bits per heavy atom. The summed E-state index contributed by atoms with van der Waals surface area (Å²) in [4.78, 5) is 0. The van der Waals surface area contributed by atoms with E-state index in [-0.39, 0.29) is 6.29 Å². The van der Waals surface area contributed by atoms with Gasteiger partial charge < -0.3 is 9.47 Å². The molecular formula is C14H27IO2. The van der Waals surface area contributed by atoms with Crippen LogP contribution < -0.4 is 0 Å². The molecule has 0 atom stereocenters. The van der Waals surface area contributed by atoms with Crippen LogP contribution in [0.15, 0.2) is 12.2 Å². The minimum atomic E-state index is 0.0135. The lowest BCUT2D eigenvalue weighted by Crippen LogP contribution is -2.17. The number of allylic oxidation sites excluding steroid dienone is 2. The summed E-state index contributed by atoms with van der Waals surface area (Å²) in [5.74, 6) is 0. The second kappa shape index (κ2) is 14.5. The Kier molecular flexibility index (Phi) is 14.8. The lowest BCUT2D eigenvalue weighted by molar-refractivity contribution is -0.140. The van der Waals surface area contributed by atoms with E-state index in [1.54, 1.807) is 0 Å². The molecule has 0 amide bonds. The first kappa shape index (κ1) is 17.4. The molecule has 0 aliphatic heterocycles. The van der Waals surface area contributed by atoms with E-state index >= 15 is 0 Å². The Morgan fingerprint density at radius 2 is 1.59 bits per heavy atom. The molecule has 2 nitrogen and oxygen atoms in total. The molecule has 0 unspecified atom stereocenters. The summed E-state index contributed by atoms with van der Waals surface area (Å²) < 4.78 is 12.2. The number of ether oxygens (including phenoxy) is 2. The molecule has 0 heterocycles. The first-order valence-corrected chi connectivity index (χ1v) is 8.31. The van der Waals surface area contributed by atoms with Gasteiger partial charge in [0.15, 0.2) is 6.29 Å². The van der Waals surface area contributed by atoms with E-state index in [4.69, 9.17) is 9.47 Å². The monoisotopic (exact) mass is 354 g/mol. The summed E-state index contributed by atoms with van der Waals surface area (Å²) >= 11 is 2.41. The van der Waals surface area contributed by atoms with Gasteiger partial charge in [-0.3, -0.25) is 0 Å². The minimum absolute atomic E-state index is 0.0135. The van der Waals surface area contributed by atoms with Crippen LogP contribution in [0.2, 0.25) is 0 Å². The summed E-state index contributed by atoms with van der Waals surface area (Å²) in [6.07, 6.45) is 11.8. The zero-order valence-corrected chi connectivity index (χ0v) is 13.4. The van der Waals surface area contributed by atoms with Gasteiger partial charge in [0.25, 0.3) is 0 Å². The summed E-state index contributed by atoms with van der Waals surface area (Å²) in [6, 6.07) is 0. The molecule has 0 aliphatic carbocycles. The predicted octanol–water partition coefficient (Wildman–Crippen LogP) is 4.72. The lowest BCUT2D eigenvalue weighted by atomic mass is 10.1. The van der Waals surface area contributed by atoms with E-state index in [9.17, 15) is 0 Å². The fraction of sp³-hybridized carbons (Fsp3) is 0.857. The van der Waals surface area contributed by atoms with E-state index in [0.717, 1.165) is 19.6 Å². The molecule has 0 bridgehead atoms. The molecule has 0 saturated carbocycles. The fourth-order valence-electron chi connectivity index (χ4n) is 1.64. The third-order valence-electron chi connectivity index (χ3n) is 2.46. The van der Waals surface area contributed by atoms with Crippen molar-refractivity contribution in [1.29, 1.82) is 0 Å². The Labute approximate surface area is 120 Å². The van der Waals surface area contributed by atoms with Crippen molar-refractivity contribution in [3.05, 3.63) is 12.2 Å². The minimum Gasteiger partial charge on any atom is -0.353 e. The number of rotatable bonds is 12. The van der Waals surface area contributed by atoms with E-state index in [1.165, 1.54) is 36.5 Å². The van der Waals surface area contributed by atoms with Gasteiger partial charge in [0.2, 0.25) is 0 Å². The second-order valence-corrected chi connectivity index (χ2v) is 5.01. The highest BCUT2D eigenvalue weighted by atomic mass is 127. The van der Waals surface area contributed by atoms with Crippen molar-refractivity contribution in [2.45, 2.75) is 58.7 Å². The van der Waals surface area contributed by atoms with Crippen LogP contribution >= 0.6 is 22.6 Å². The zero-order valence-electron chi connectivity index (χ0n) is 11.3. The molecule has 0 aliphatic rings. The lowest BCUT2D eigenvalue weighted by Gasteiger charge is -2.16. The number of unbranched alkanes of at least 4 members (excludes halogenated alkanes) is 3. The normalized spacial score (nSPS) is 11.8. The quantitative estimate of drug-likeness (QED) is 0.166. The van der Waals surface area contributed by atoms with E-state index in [2.05, 4.69) is 34.7 Å². The second-order valence-electron chi connectivity index (χ2n) is 3.93. The SMILES string of the molecule is CCOC(CCCCC/C=C\CCI)OCC. The van der Waals surface area contributed by atoms with Gasteiger partial charge in [0, 0.05) is 17.6 Å². The predicted molar refractivity (Wildman–Crippen MR) is 82.8 cm³/mol. The van der Waals surface area contributed by atoms with Gasteiger partial charge in [-0.15, -0.1) is 0 Å². The van der Waals surface area contributed by atoms with E-state index in [1.807, 2.05) is 13.8 Å². The highest BCUT2D eigenvalue weighted by Gasteiger charge is 2.06. The van der Waals surface area contributed by atoms with Crippen LogP contribution in [0.1, 0.15) is 52.4 Å². The smallest absolute Gasteiger partial charge is 0.157 e. The topological polar surface area (TPSA) is 18.5 Å². The van der Waals surface area contributed by atoms with Crippen molar-refractivity contribution in [3.63, 3.8) is 0 Å². The Balaban J connectivity index is 3.35. The molecule has 0 rings (SSSR count). The number of hydrogen-bond donors (Lipinski definition) is 0.